The molecule has 0 fully saturated rings. The Bertz CT molecular complexity index is 362. The molecule has 1 rings (SSSR count). The monoisotopic (exact) mass is 249 g/mol. The van der Waals surface area contributed by atoms with Crippen molar-refractivity contribution in [3.05, 3.63) is 23.8 Å². The molecule has 18 heavy (non-hydrogen) atoms. The summed E-state index contributed by atoms with van der Waals surface area (Å²) in [6, 6.07) is 0. The second-order valence-electron chi connectivity index (χ2n) is 4.65. The molecule has 1 unspecified atom stereocenters. The van der Waals surface area contributed by atoms with Crippen molar-refractivity contribution in [2.24, 2.45) is 5.73 Å². The maximum absolute atomic E-state index is 10.9. The SMILES string of the molecule is CCCCCCC(CC)c1ncc(C(N)=O)cn1. The summed E-state index contributed by atoms with van der Waals surface area (Å²) in [5.41, 5.74) is 5.54. The van der Waals surface area contributed by atoms with Gasteiger partial charge in [0.05, 0.1) is 5.56 Å². The zero-order valence-corrected chi connectivity index (χ0v) is 11.4. The highest BCUT2D eigenvalue weighted by atomic mass is 16.1. The maximum Gasteiger partial charge on any atom is 0.251 e. The average Bonchev–Trinajstić information content (AvgIpc) is 2.39. The molecule has 1 amide bonds. The van der Waals surface area contributed by atoms with Gasteiger partial charge in [-0.1, -0.05) is 39.5 Å². The third kappa shape index (κ3) is 4.43. The van der Waals surface area contributed by atoms with Gasteiger partial charge in [0.15, 0.2) is 0 Å². The zero-order valence-electron chi connectivity index (χ0n) is 11.4. The lowest BCUT2D eigenvalue weighted by Crippen LogP contribution is -2.13. The molecule has 4 nitrogen and oxygen atoms in total. The van der Waals surface area contributed by atoms with Gasteiger partial charge in [-0.25, -0.2) is 9.97 Å². The number of nitrogens with two attached hydrogens (primary N) is 1. The predicted molar refractivity (Wildman–Crippen MR) is 72.3 cm³/mol. The van der Waals surface area contributed by atoms with E-state index < -0.39 is 5.91 Å². The largest absolute Gasteiger partial charge is 0.366 e. The van der Waals surface area contributed by atoms with Crippen molar-refractivity contribution in [2.45, 2.75) is 58.3 Å². The fourth-order valence-electron chi connectivity index (χ4n) is 2.01. The molecule has 0 aliphatic carbocycles. The van der Waals surface area contributed by atoms with Gasteiger partial charge < -0.3 is 5.73 Å². The van der Waals surface area contributed by atoms with Crippen molar-refractivity contribution in [1.29, 1.82) is 0 Å². The van der Waals surface area contributed by atoms with E-state index in [1.54, 1.807) is 0 Å². The molecule has 1 atom stereocenters. The van der Waals surface area contributed by atoms with Crippen LogP contribution < -0.4 is 5.73 Å². The minimum Gasteiger partial charge on any atom is -0.366 e. The summed E-state index contributed by atoms with van der Waals surface area (Å²) in [6.07, 6.45) is 10.2. The summed E-state index contributed by atoms with van der Waals surface area (Å²) in [7, 11) is 0. The van der Waals surface area contributed by atoms with Crippen molar-refractivity contribution in [3.8, 4) is 0 Å². The molecule has 0 saturated heterocycles. The maximum atomic E-state index is 10.9. The van der Waals surface area contributed by atoms with Gasteiger partial charge in [-0.05, 0) is 12.8 Å². The van der Waals surface area contributed by atoms with E-state index in [0.29, 0.717) is 11.5 Å². The number of hydrogen-bond acceptors (Lipinski definition) is 3. The van der Waals surface area contributed by atoms with Gasteiger partial charge in [0.1, 0.15) is 5.82 Å². The predicted octanol–water partition coefficient (Wildman–Crippen LogP) is 3.04. The van der Waals surface area contributed by atoms with Crippen LogP contribution in [0.1, 0.15) is 74.5 Å². The Hall–Kier alpha value is -1.45. The second kappa shape index (κ2) is 7.80. The number of primary amides is 1. The van der Waals surface area contributed by atoms with Crippen LogP contribution in [-0.4, -0.2) is 15.9 Å². The van der Waals surface area contributed by atoms with Crippen molar-refractivity contribution < 1.29 is 4.79 Å². The van der Waals surface area contributed by atoms with E-state index in [4.69, 9.17) is 5.73 Å². The van der Waals surface area contributed by atoms with Gasteiger partial charge in [-0.15, -0.1) is 0 Å². The van der Waals surface area contributed by atoms with Crippen LogP contribution in [0.4, 0.5) is 0 Å². The topological polar surface area (TPSA) is 68.9 Å². The number of hydrogen-bond donors (Lipinski definition) is 1. The molecule has 1 heterocycles. The lowest BCUT2D eigenvalue weighted by Gasteiger charge is -2.13. The van der Waals surface area contributed by atoms with Crippen LogP contribution in [0.25, 0.3) is 0 Å². The van der Waals surface area contributed by atoms with Gasteiger partial charge >= 0.3 is 0 Å². The Kier molecular flexibility index (Phi) is 6.33. The number of unbranched alkanes of at least 4 members (excludes halogenated alkanes) is 3. The Morgan fingerprint density at radius 2 is 1.89 bits per heavy atom. The molecule has 0 saturated carbocycles. The molecule has 0 bridgehead atoms. The molecule has 0 radical (unpaired) electrons. The van der Waals surface area contributed by atoms with E-state index in [1.807, 2.05) is 0 Å². The number of carbonyl (C=O) groups excluding carboxylic acids is 1. The summed E-state index contributed by atoms with van der Waals surface area (Å²) < 4.78 is 0. The first-order valence-electron chi connectivity index (χ1n) is 6.80. The quantitative estimate of drug-likeness (QED) is 0.720. The third-order valence-corrected chi connectivity index (χ3v) is 3.22. The molecular weight excluding hydrogens is 226 g/mol. The standard InChI is InChI=1S/C14H23N3O/c1-3-5-6-7-8-11(4-2)14-16-9-12(10-17-14)13(15)18/h9-11H,3-8H2,1-2H3,(H2,15,18). The van der Waals surface area contributed by atoms with E-state index in [2.05, 4.69) is 23.8 Å². The number of rotatable bonds is 8. The minimum absolute atomic E-state index is 0.375. The number of carbonyl (C=O) groups is 1. The number of amides is 1. The van der Waals surface area contributed by atoms with E-state index in [0.717, 1.165) is 18.7 Å². The molecule has 0 aliphatic rings. The van der Waals surface area contributed by atoms with Crippen molar-refractivity contribution in [2.75, 3.05) is 0 Å². The lowest BCUT2D eigenvalue weighted by molar-refractivity contribution is 0.0999. The highest BCUT2D eigenvalue weighted by Gasteiger charge is 2.12. The Morgan fingerprint density at radius 3 is 2.39 bits per heavy atom. The Morgan fingerprint density at radius 1 is 1.22 bits per heavy atom. The van der Waals surface area contributed by atoms with Crippen LogP contribution in [0.5, 0.6) is 0 Å². The minimum atomic E-state index is -0.474. The van der Waals surface area contributed by atoms with Crippen molar-refractivity contribution in [3.63, 3.8) is 0 Å². The molecule has 4 heteroatoms. The van der Waals surface area contributed by atoms with Crippen LogP contribution in [0.3, 0.4) is 0 Å². The second-order valence-corrected chi connectivity index (χ2v) is 4.65. The molecule has 0 spiro atoms. The van der Waals surface area contributed by atoms with Crippen LogP contribution in [0, 0.1) is 0 Å². The van der Waals surface area contributed by atoms with E-state index in [1.165, 1.54) is 38.1 Å². The summed E-state index contributed by atoms with van der Waals surface area (Å²) in [6.45, 7) is 4.36. The lowest BCUT2D eigenvalue weighted by atomic mass is 9.97. The zero-order chi connectivity index (χ0) is 13.4. The molecular formula is C14H23N3O. The molecule has 0 aliphatic heterocycles. The van der Waals surface area contributed by atoms with Crippen LogP contribution in [0.2, 0.25) is 0 Å². The fraction of sp³-hybridized carbons (Fsp3) is 0.643. The summed E-state index contributed by atoms with van der Waals surface area (Å²) in [5, 5.41) is 0. The van der Waals surface area contributed by atoms with Crippen molar-refractivity contribution in [1.82, 2.24) is 9.97 Å². The fourth-order valence-corrected chi connectivity index (χ4v) is 2.01. The first kappa shape index (κ1) is 14.6. The highest BCUT2D eigenvalue weighted by Crippen LogP contribution is 2.22. The smallest absolute Gasteiger partial charge is 0.251 e. The van der Waals surface area contributed by atoms with E-state index in [-0.39, 0.29) is 0 Å². The van der Waals surface area contributed by atoms with E-state index in [9.17, 15) is 4.79 Å². The molecule has 1 aromatic rings. The Balaban J connectivity index is 2.56. The summed E-state index contributed by atoms with van der Waals surface area (Å²) in [5.74, 6) is 0.750. The van der Waals surface area contributed by atoms with Gasteiger partial charge in [0.2, 0.25) is 0 Å². The van der Waals surface area contributed by atoms with Gasteiger partial charge in [-0.2, -0.15) is 0 Å². The van der Waals surface area contributed by atoms with Crippen LogP contribution in [0.15, 0.2) is 12.4 Å². The van der Waals surface area contributed by atoms with Gasteiger partial charge in [-0.3, -0.25) is 4.79 Å². The van der Waals surface area contributed by atoms with Gasteiger partial charge in [0, 0.05) is 18.3 Å². The first-order valence-corrected chi connectivity index (χ1v) is 6.80. The van der Waals surface area contributed by atoms with Crippen molar-refractivity contribution >= 4 is 5.91 Å². The molecule has 100 valence electrons. The number of aromatic nitrogens is 2. The summed E-state index contributed by atoms with van der Waals surface area (Å²) >= 11 is 0. The first-order chi connectivity index (χ1) is 8.69. The van der Waals surface area contributed by atoms with Crippen LogP contribution in [-0.2, 0) is 0 Å². The van der Waals surface area contributed by atoms with Crippen LogP contribution >= 0.6 is 0 Å². The molecule has 1 aromatic heterocycles. The summed E-state index contributed by atoms with van der Waals surface area (Å²) in [4.78, 5) is 19.5. The number of nitrogens with zero attached hydrogens (tertiary/aromatic N) is 2. The highest BCUT2D eigenvalue weighted by molar-refractivity contribution is 5.92. The normalized spacial score (nSPS) is 12.3. The molecule has 2 N–H and O–H groups in total. The van der Waals surface area contributed by atoms with E-state index >= 15 is 0 Å². The Labute approximate surface area is 109 Å². The molecule has 0 aromatic carbocycles. The third-order valence-electron chi connectivity index (χ3n) is 3.22. The van der Waals surface area contributed by atoms with Gasteiger partial charge in [0.25, 0.3) is 5.91 Å². The average molecular weight is 249 g/mol.